The predicted molar refractivity (Wildman–Crippen MR) is 162 cm³/mol. The van der Waals surface area contributed by atoms with E-state index in [9.17, 15) is 28.4 Å². The van der Waals surface area contributed by atoms with Gasteiger partial charge in [-0.05, 0) is 60.2 Å². The van der Waals surface area contributed by atoms with E-state index in [2.05, 4.69) is 15.2 Å². The molecule has 43 heavy (non-hydrogen) atoms. The third kappa shape index (κ3) is 7.71. The van der Waals surface area contributed by atoms with Crippen LogP contribution in [0, 0.1) is 10.1 Å². The first-order chi connectivity index (χ1) is 20.5. The molecule has 0 spiro atoms. The van der Waals surface area contributed by atoms with Gasteiger partial charge in [-0.25, -0.2) is 13.2 Å². The van der Waals surface area contributed by atoms with E-state index in [1.54, 1.807) is 36.4 Å². The van der Waals surface area contributed by atoms with Crippen LogP contribution in [0.1, 0.15) is 21.5 Å². The molecule has 0 bridgehead atoms. The van der Waals surface area contributed by atoms with Crippen LogP contribution < -0.4 is 19.6 Å². The first-order valence-corrected chi connectivity index (χ1v) is 14.4. The number of nitrogens with zero attached hydrogens (tertiary/aromatic N) is 2. The largest absolute Gasteiger partial charge is 0.493 e. The molecule has 4 aromatic carbocycles. The number of aromatic carboxylic acids is 1. The molecule has 15 heteroatoms. The Morgan fingerprint density at radius 2 is 1.79 bits per heavy atom. The highest BCUT2D eigenvalue weighted by Crippen LogP contribution is 2.31. The molecule has 0 fully saturated rings. The molecule has 0 saturated heterocycles. The summed E-state index contributed by atoms with van der Waals surface area (Å²) >= 11 is 12.1. The van der Waals surface area contributed by atoms with Gasteiger partial charge in [-0.1, -0.05) is 41.4 Å². The van der Waals surface area contributed by atoms with Crippen molar-refractivity contribution in [2.75, 3.05) is 17.3 Å². The third-order valence-electron chi connectivity index (χ3n) is 5.86. The molecule has 0 saturated carbocycles. The van der Waals surface area contributed by atoms with E-state index in [0.29, 0.717) is 27.1 Å². The molecule has 0 unspecified atom stereocenters. The minimum atomic E-state index is -4.37. The van der Waals surface area contributed by atoms with Gasteiger partial charge in [0.25, 0.3) is 15.7 Å². The molecular formula is C28H22Cl2N4O8S. The Bertz CT molecular complexity index is 1830. The molecule has 3 N–H and O–H groups in total. The van der Waals surface area contributed by atoms with Crippen LogP contribution in [-0.4, -0.2) is 37.7 Å². The van der Waals surface area contributed by atoms with Crippen molar-refractivity contribution in [3.63, 3.8) is 0 Å². The zero-order valence-corrected chi connectivity index (χ0v) is 24.5. The Morgan fingerprint density at radius 1 is 1.02 bits per heavy atom. The summed E-state index contributed by atoms with van der Waals surface area (Å²) in [6, 6.07) is 18.5. The zero-order chi connectivity index (χ0) is 31.1. The van der Waals surface area contributed by atoms with Crippen LogP contribution in [-0.2, 0) is 16.6 Å². The average molecular weight is 645 g/mol. The summed E-state index contributed by atoms with van der Waals surface area (Å²) in [4.78, 5) is 21.9. The lowest BCUT2D eigenvalue weighted by Gasteiger charge is -2.12. The van der Waals surface area contributed by atoms with Crippen molar-refractivity contribution in [2.45, 2.75) is 11.5 Å². The molecular weight excluding hydrogens is 623 g/mol. The number of carboxylic acids is 1. The Labute approximate surface area is 255 Å². The van der Waals surface area contributed by atoms with Crippen molar-refractivity contribution in [2.24, 2.45) is 5.10 Å². The second-order valence-corrected chi connectivity index (χ2v) is 11.2. The highest BCUT2D eigenvalue weighted by atomic mass is 35.5. The maximum atomic E-state index is 12.9. The third-order valence-corrected chi connectivity index (χ3v) is 7.81. The maximum absolute atomic E-state index is 12.9. The smallest absolute Gasteiger partial charge is 0.337 e. The Hall–Kier alpha value is -4.85. The number of hydrazone groups is 1. The van der Waals surface area contributed by atoms with Crippen LogP contribution in [0.2, 0.25) is 10.0 Å². The number of para-hydroxylation sites is 1. The number of ether oxygens (including phenoxy) is 2. The fourth-order valence-corrected chi connectivity index (χ4v) is 5.30. The molecule has 222 valence electrons. The van der Waals surface area contributed by atoms with Gasteiger partial charge in [0.05, 0.1) is 34.4 Å². The second kappa shape index (κ2) is 13.4. The molecule has 0 heterocycles. The number of carbonyl (C=O) groups is 1. The fraction of sp³-hybridized carbons (Fsp3) is 0.0714. The molecule has 0 radical (unpaired) electrons. The molecule has 0 aliphatic rings. The minimum absolute atomic E-state index is 0.0853. The Kier molecular flexibility index (Phi) is 9.70. The van der Waals surface area contributed by atoms with E-state index in [0.717, 1.165) is 17.7 Å². The van der Waals surface area contributed by atoms with E-state index in [4.69, 9.17) is 32.7 Å². The number of methoxy groups -OCH3 is 1. The monoisotopic (exact) mass is 644 g/mol. The van der Waals surface area contributed by atoms with Crippen molar-refractivity contribution < 1.29 is 32.7 Å². The van der Waals surface area contributed by atoms with E-state index in [1.807, 2.05) is 0 Å². The molecule has 0 atom stereocenters. The van der Waals surface area contributed by atoms with Crippen molar-refractivity contribution in [3.8, 4) is 11.5 Å². The summed E-state index contributed by atoms with van der Waals surface area (Å²) in [6.07, 6.45) is 1.38. The van der Waals surface area contributed by atoms with E-state index < -0.39 is 31.5 Å². The lowest BCUT2D eigenvalue weighted by molar-refractivity contribution is -0.384. The van der Waals surface area contributed by atoms with Crippen LogP contribution in [0.5, 0.6) is 11.5 Å². The average Bonchev–Trinajstić information content (AvgIpc) is 2.97. The number of anilines is 2. The van der Waals surface area contributed by atoms with Crippen molar-refractivity contribution in [3.05, 3.63) is 116 Å². The molecule has 12 nitrogen and oxygen atoms in total. The SMILES string of the molecule is COc1cc(/C=N\Nc2ccc(S(=O)(=O)Nc3ccccc3C(=O)O)cc2[N+](=O)[O-])ccc1OCc1ccc(Cl)cc1Cl. The number of hydrogen-bond donors (Lipinski definition) is 3. The maximum Gasteiger partial charge on any atom is 0.337 e. The Balaban J connectivity index is 1.49. The zero-order valence-electron chi connectivity index (χ0n) is 22.2. The first kappa shape index (κ1) is 31.1. The topological polar surface area (TPSA) is 169 Å². The summed E-state index contributed by atoms with van der Waals surface area (Å²) in [6.45, 7) is 0.165. The number of halogens is 2. The normalized spacial score (nSPS) is 11.2. The van der Waals surface area contributed by atoms with Crippen LogP contribution in [0.4, 0.5) is 17.1 Å². The minimum Gasteiger partial charge on any atom is -0.493 e. The van der Waals surface area contributed by atoms with Crippen molar-refractivity contribution >= 4 is 62.5 Å². The molecule has 4 rings (SSSR count). The summed E-state index contributed by atoms with van der Waals surface area (Å²) in [5.41, 5.74) is 2.70. The van der Waals surface area contributed by atoms with E-state index >= 15 is 0 Å². The number of hydrogen-bond acceptors (Lipinski definition) is 9. The Morgan fingerprint density at radius 3 is 2.49 bits per heavy atom. The predicted octanol–water partition coefficient (Wildman–Crippen LogP) is 6.43. The number of benzene rings is 4. The van der Waals surface area contributed by atoms with Gasteiger partial charge in [-0.2, -0.15) is 5.10 Å². The van der Waals surface area contributed by atoms with Crippen molar-refractivity contribution in [1.29, 1.82) is 0 Å². The first-order valence-electron chi connectivity index (χ1n) is 12.2. The summed E-state index contributed by atoms with van der Waals surface area (Å²) < 4.78 is 39.2. The van der Waals surface area contributed by atoms with Crippen LogP contribution >= 0.6 is 23.2 Å². The van der Waals surface area contributed by atoms with E-state index in [1.165, 1.54) is 43.7 Å². The summed E-state index contributed by atoms with van der Waals surface area (Å²) in [5, 5.41) is 26.0. The van der Waals surface area contributed by atoms with Crippen molar-refractivity contribution in [1.82, 2.24) is 0 Å². The summed E-state index contributed by atoms with van der Waals surface area (Å²) in [7, 11) is -2.90. The quantitative estimate of drug-likeness (QED) is 0.0892. The van der Waals surface area contributed by atoms with Gasteiger partial charge in [0.15, 0.2) is 11.5 Å². The molecule has 0 aliphatic carbocycles. The number of nitro groups is 1. The van der Waals surface area contributed by atoms with Gasteiger partial charge >= 0.3 is 5.97 Å². The second-order valence-electron chi connectivity index (χ2n) is 8.70. The van der Waals surface area contributed by atoms with Gasteiger partial charge in [0.2, 0.25) is 0 Å². The van der Waals surface area contributed by atoms with Crippen LogP contribution in [0.25, 0.3) is 0 Å². The molecule has 0 amide bonds. The lowest BCUT2D eigenvalue weighted by Crippen LogP contribution is -2.16. The lowest BCUT2D eigenvalue weighted by atomic mass is 10.2. The standard InChI is InChI=1S/C28H22Cl2N4O8S/c1-41-27-12-17(6-11-26(27)42-16-18-7-8-19(29)13-22(18)30)15-31-32-24-10-9-20(14-25(24)34(37)38)43(39,40)33-23-5-3-2-4-21(23)28(35)36/h2-15,32-33H,16H2,1H3,(H,35,36)/b31-15-. The van der Waals surface area contributed by atoms with E-state index in [-0.39, 0.29) is 23.5 Å². The molecule has 0 aliphatic heterocycles. The number of sulfonamides is 1. The number of carboxylic acid groups (broad SMARTS) is 1. The number of nitrogens with one attached hydrogen (secondary N) is 2. The van der Waals surface area contributed by atoms with Gasteiger partial charge in [0.1, 0.15) is 12.3 Å². The summed E-state index contributed by atoms with van der Waals surface area (Å²) in [5.74, 6) is -0.512. The van der Waals surface area contributed by atoms with Gasteiger partial charge in [-0.15, -0.1) is 0 Å². The van der Waals surface area contributed by atoms with Crippen LogP contribution in [0.3, 0.4) is 0 Å². The molecule has 0 aromatic heterocycles. The van der Waals surface area contributed by atoms with Gasteiger partial charge in [0, 0.05) is 21.7 Å². The highest BCUT2D eigenvalue weighted by molar-refractivity contribution is 7.92. The van der Waals surface area contributed by atoms with Gasteiger partial charge in [-0.3, -0.25) is 20.3 Å². The molecule has 4 aromatic rings. The number of rotatable bonds is 12. The van der Waals surface area contributed by atoms with Gasteiger partial charge < -0.3 is 14.6 Å². The highest BCUT2D eigenvalue weighted by Gasteiger charge is 2.23. The fourth-order valence-electron chi connectivity index (χ4n) is 3.74. The number of nitro benzene ring substituents is 1. The van der Waals surface area contributed by atoms with Crippen LogP contribution in [0.15, 0.2) is 88.9 Å².